The first-order valence-electron chi connectivity index (χ1n) is 10.6. The molecule has 1 aliphatic carbocycles. The van der Waals surface area contributed by atoms with Crippen molar-refractivity contribution in [3.8, 4) is 5.75 Å². The molecule has 0 spiro atoms. The van der Waals surface area contributed by atoms with Crippen molar-refractivity contribution in [3.63, 3.8) is 0 Å². The van der Waals surface area contributed by atoms with Crippen molar-refractivity contribution in [1.29, 1.82) is 0 Å². The number of benzene rings is 1. The molecule has 1 N–H and O–H groups in total. The van der Waals surface area contributed by atoms with Crippen molar-refractivity contribution in [1.82, 2.24) is 10.2 Å². The number of nitrogens with one attached hydrogen (secondary N) is 1. The summed E-state index contributed by atoms with van der Waals surface area (Å²) in [4.78, 5) is 17.2. The Kier molecular flexibility index (Phi) is 7.00. The maximum absolute atomic E-state index is 12.5. The molecular weight excluding hydrogens is 338 g/mol. The van der Waals surface area contributed by atoms with Crippen LogP contribution in [0.4, 0.5) is 5.69 Å². The summed E-state index contributed by atoms with van der Waals surface area (Å²) in [5.41, 5.74) is 1.16. The monoisotopic (exact) mass is 373 g/mol. The van der Waals surface area contributed by atoms with Crippen LogP contribution in [0.25, 0.3) is 0 Å². The summed E-state index contributed by atoms with van der Waals surface area (Å²) in [5, 5.41) is 3.30. The maximum atomic E-state index is 12.5. The first-order valence-corrected chi connectivity index (χ1v) is 10.6. The molecule has 0 radical (unpaired) electrons. The van der Waals surface area contributed by atoms with Crippen LogP contribution in [0.3, 0.4) is 0 Å². The van der Waals surface area contributed by atoms with Gasteiger partial charge in [0.25, 0.3) is 0 Å². The van der Waals surface area contributed by atoms with Crippen LogP contribution in [0.1, 0.15) is 40.0 Å². The van der Waals surface area contributed by atoms with Gasteiger partial charge in [0, 0.05) is 32.2 Å². The molecule has 150 valence electrons. The molecule has 2 fully saturated rings. The lowest BCUT2D eigenvalue weighted by molar-refractivity contribution is -0.123. The number of para-hydroxylation sites is 2. The molecule has 0 aromatic heterocycles. The van der Waals surface area contributed by atoms with Crippen molar-refractivity contribution in [2.45, 2.75) is 46.1 Å². The van der Waals surface area contributed by atoms with Gasteiger partial charge >= 0.3 is 0 Å². The number of hydrogen-bond donors (Lipinski definition) is 1. The van der Waals surface area contributed by atoms with E-state index in [1.165, 1.54) is 12.8 Å². The number of carbonyl (C=O) groups excluding carboxylic acids is 1. The van der Waals surface area contributed by atoms with Gasteiger partial charge in [-0.15, -0.1) is 0 Å². The van der Waals surface area contributed by atoms with E-state index in [4.69, 9.17) is 4.74 Å². The topological polar surface area (TPSA) is 44.8 Å². The highest BCUT2D eigenvalue weighted by molar-refractivity contribution is 5.78. The Hall–Kier alpha value is -1.75. The summed E-state index contributed by atoms with van der Waals surface area (Å²) in [5.74, 6) is 2.42. The van der Waals surface area contributed by atoms with Gasteiger partial charge < -0.3 is 15.0 Å². The van der Waals surface area contributed by atoms with Gasteiger partial charge in [-0.05, 0) is 37.3 Å². The van der Waals surface area contributed by atoms with E-state index < -0.39 is 0 Å². The Bertz CT molecular complexity index is 613. The number of piperazine rings is 1. The minimum Gasteiger partial charge on any atom is -0.492 e. The molecule has 1 saturated carbocycles. The van der Waals surface area contributed by atoms with Crippen LogP contribution in [0.2, 0.25) is 0 Å². The number of ether oxygens (including phenoxy) is 1. The molecule has 0 unspecified atom stereocenters. The highest BCUT2D eigenvalue weighted by atomic mass is 16.5. The fourth-order valence-electron chi connectivity index (χ4n) is 4.38. The zero-order valence-electron chi connectivity index (χ0n) is 17.1. The molecule has 1 aromatic rings. The Morgan fingerprint density at radius 2 is 1.89 bits per heavy atom. The van der Waals surface area contributed by atoms with E-state index in [-0.39, 0.29) is 5.91 Å². The lowest BCUT2D eigenvalue weighted by atomic mass is 9.78. The van der Waals surface area contributed by atoms with E-state index in [0.717, 1.165) is 44.0 Å². The summed E-state index contributed by atoms with van der Waals surface area (Å²) in [6, 6.07) is 8.58. The van der Waals surface area contributed by atoms with Crippen LogP contribution in [0.5, 0.6) is 5.75 Å². The van der Waals surface area contributed by atoms with E-state index in [1.807, 2.05) is 19.1 Å². The Morgan fingerprint density at radius 1 is 1.15 bits per heavy atom. The highest BCUT2D eigenvalue weighted by Gasteiger charge is 2.29. The second-order valence-corrected chi connectivity index (χ2v) is 8.11. The predicted molar refractivity (Wildman–Crippen MR) is 110 cm³/mol. The quantitative estimate of drug-likeness (QED) is 0.832. The SMILES string of the molecule is CCOc1ccccc1N1CCN(CC(=O)N[C@@H]2CCC[C@H](C)[C@@H]2C)CC1. The molecule has 5 heteroatoms. The van der Waals surface area contributed by atoms with Crippen LogP contribution >= 0.6 is 0 Å². The summed E-state index contributed by atoms with van der Waals surface area (Å²) in [6.45, 7) is 11.5. The van der Waals surface area contributed by atoms with Gasteiger partial charge in [0.2, 0.25) is 5.91 Å². The largest absolute Gasteiger partial charge is 0.492 e. The van der Waals surface area contributed by atoms with Crippen molar-refractivity contribution in [2.75, 3.05) is 44.2 Å². The number of anilines is 1. The number of nitrogens with zero attached hydrogens (tertiary/aromatic N) is 2. The zero-order chi connectivity index (χ0) is 19.2. The van der Waals surface area contributed by atoms with Crippen molar-refractivity contribution >= 4 is 11.6 Å². The third-order valence-corrected chi connectivity index (χ3v) is 6.30. The standard InChI is InChI=1S/C22H35N3O2/c1-4-27-21-11-6-5-10-20(21)25-14-12-24(13-15-25)16-22(26)23-19-9-7-8-17(2)18(19)3/h5-6,10-11,17-19H,4,7-9,12-16H2,1-3H3,(H,23,26)/t17-,18-,19+/m0/s1. The molecule has 5 nitrogen and oxygen atoms in total. The third-order valence-electron chi connectivity index (χ3n) is 6.30. The van der Waals surface area contributed by atoms with Gasteiger partial charge in [0.1, 0.15) is 5.75 Å². The molecule has 0 bridgehead atoms. The van der Waals surface area contributed by atoms with Crippen molar-refractivity contribution in [3.05, 3.63) is 24.3 Å². The van der Waals surface area contributed by atoms with Gasteiger partial charge in [-0.1, -0.05) is 38.8 Å². The normalized spacial score (nSPS) is 26.6. The molecule has 1 amide bonds. The molecule has 1 saturated heterocycles. The highest BCUT2D eigenvalue weighted by Crippen LogP contribution is 2.30. The van der Waals surface area contributed by atoms with Crippen LogP contribution in [-0.4, -0.2) is 56.2 Å². The van der Waals surface area contributed by atoms with Gasteiger partial charge in [-0.25, -0.2) is 0 Å². The predicted octanol–water partition coefficient (Wildman–Crippen LogP) is 3.15. The number of hydrogen-bond acceptors (Lipinski definition) is 4. The van der Waals surface area contributed by atoms with Gasteiger partial charge in [-0.3, -0.25) is 9.69 Å². The van der Waals surface area contributed by atoms with Crippen LogP contribution in [0, 0.1) is 11.8 Å². The Balaban J connectivity index is 1.47. The first-order chi connectivity index (χ1) is 13.1. The molecule has 1 aliphatic heterocycles. The molecule has 1 heterocycles. The number of amides is 1. The molecule has 3 atom stereocenters. The van der Waals surface area contributed by atoms with E-state index in [9.17, 15) is 4.79 Å². The van der Waals surface area contributed by atoms with E-state index in [2.05, 4.69) is 41.1 Å². The second-order valence-electron chi connectivity index (χ2n) is 8.11. The van der Waals surface area contributed by atoms with Crippen LogP contribution in [0.15, 0.2) is 24.3 Å². The lowest BCUT2D eigenvalue weighted by Gasteiger charge is -2.37. The lowest BCUT2D eigenvalue weighted by Crippen LogP contribution is -2.52. The van der Waals surface area contributed by atoms with Gasteiger partial charge in [0.15, 0.2) is 0 Å². The molecular formula is C22H35N3O2. The molecule has 2 aliphatic rings. The summed E-state index contributed by atoms with van der Waals surface area (Å²) in [7, 11) is 0. The third kappa shape index (κ3) is 5.16. The van der Waals surface area contributed by atoms with E-state index in [1.54, 1.807) is 0 Å². The number of carbonyl (C=O) groups is 1. The summed E-state index contributed by atoms with van der Waals surface area (Å²) < 4.78 is 5.77. The smallest absolute Gasteiger partial charge is 0.234 e. The average Bonchev–Trinajstić information content (AvgIpc) is 2.67. The average molecular weight is 374 g/mol. The van der Waals surface area contributed by atoms with Crippen LogP contribution in [-0.2, 0) is 4.79 Å². The Labute approximate surface area is 164 Å². The second kappa shape index (κ2) is 9.45. The summed E-state index contributed by atoms with van der Waals surface area (Å²) >= 11 is 0. The number of rotatable bonds is 6. The van der Waals surface area contributed by atoms with Gasteiger partial charge in [0.05, 0.1) is 18.8 Å². The fraction of sp³-hybridized carbons (Fsp3) is 0.682. The van der Waals surface area contributed by atoms with Crippen molar-refractivity contribution in [2.24, 2.45) is 11.8 Å². The van der Waals surface area contributed by atoms with E-state index >= 15 is 0 Å². The minimum atomic E-state index is 0.184. The van der Waals surface area contributed by atoms with E-state index in [0.29, 0.717) is 31.0 Å². The molecule has 3 rings (SSSR count). The first kappa shape index (κ1) is 20.0. The van der Waals surface area contributed by atoms with Gasteiger partial charge in [-0.2, -0.15) is 0 Å². The maximum Gasteiger partial charge on any atom is 0.234 e. The molecule has 1 aromatic carbocycles. The Morgan fingerprint density at radius 3 is 2.63 bits per heavy atom. The zero-order valence-corrected chi connectivity index (χ0v) is 17.1. The summed E-state index contributed by atoms with van der Waals surface area (Å²) in [6.07, 6.45) is 3.65. The fourth-order valence-corrected chi connectivity index (χ4v) is 4.38. The minimum absolute atomic E-state index is 0.184. The molecule has 27 heavy (non-hydrogen) atoms. The van der Waals surface area contributed by atoms with Crippen LogP contribution < -0.4 is 15.0 Å². The van der Waals surface area contributed by atoms with Crippen molar-refractivity contribution < 1.29 is 9.53 Å².